The molecular formula is C73H104N16O17S2. The van der Waals surface area contributed by atoms with E-state index in [9.17, 15) is 72.9 Å². The van der Waals surface area contributed by atoms with Crippen molar-refractivity contribution in [2.24, 2.45) is 29.0 Å². The van der Waals surface area contributed by atoms with Crippen LogP contribution in [0.2, 0.25) is 0 Å². The fourth-order valence-electron chi connectivity index (χ4n) is 11.8. The fraction of sp³-hybridized carbons (Fsp3) is 0.507. The summed E-state index contributed by atoms with van der Waals surface area (Å²) in [5.74, 6) is -15.2. The number of unbranched alkanes of at least 4 members (excludes halogenated alkanes) is 2. The first-order valence-electron chi connectivity index (χ1n) is 35.9. The predicted octanol–water partition coefficient (Wildman–Crippen LogP) is -0.00900. The highest BCUT2D eigenvalue weighted by molar-refractivity contribution is 7.80. The third-order valence-electron chi connectivity index (χ3n) is 17.6. The van der Waals surface area contributed by atoms with Crippen LogP contribution < -0.4 is 75.7 Å². The van der Waals surface area contributed by atoms with Gasteiger partial charge in [-0.3, -0.25) is 62.3 Å². The third kappa shape index (κ3) is 28.9. The van der Waals surface area contributed by atoms with Crippen LogP contribution in [0.3, 0.4) is 0 Å². The van der Waals surface area contributed by atoms with Crippen molar-refractivity contribution in [2.45, 2.75) is 197 Å². The molecule has 35 heteroatoms. The van der Waals surface area contributed by atoms with E-state index in [2.05, 4.69) is 93.7 Å². The Morgan fingerprint density at radius 1 is 0.389 bits per heavy atom. The van der Waals surface area contributed by atoms with E-state index in [4.69, 9.17) is 17.2 Å². The van der Waals surface area contributed by atoms with Gasteiger partial charge in [0.25, 0.3) is 0 Å². The summed E-state index contributed by atoms with van der Waals surface area (Å²) in [6, 6.07) is 5.12. The summed E-state index contributed by atoms with van der Waals surface area (Å²) in [6.07, 6.45) is 1.59. The zero-order valence-electron chi connectivity index (χ0n) is 61.2. The summed E-state index contributed by atoms with van der Waals surface area (Å²) in [4.78, 5) is 200. The first-order chi connectivity index (χ1) is 51.4. The molecule has 0 bridgehead atoms. The molecule has 33 nitrogen and oxygen atoms in total. The molecule has 0 aliphatic heterocycles. The minimum atomic E-state index is -1.74. The number of fused-ring (bicyclic) bond motifs is 2. The van der Waals surface area contributed by atoms with Gasteiger partial charge in [-0.15, -0.1) is 0 Å². The molecule has 11 amide bonds. The molecule has 3 aromatic carbocycles. The van der Waals surface area contributed by atoms with Crippen molar-refractivity contribution in [2.75, 3.05) is 24.6 Å². The van der Waals surface area contributed by atoms with Crippen molar-refractivity contribution in [3.8, 4) is 0 Å². The molecule has 0 aliphatic carbocycles. The van der Waals surface area contributed by atoms with Gasteiger partial charge in [-0.05, 0) is 118 Å². The van der Waals surface area contributed by atoms with E-state index >= 15 is 9.59 Å². The lowest BCUT2D eigenvalue weighted by Gasteiger charge is -2.28. The maximum atomic E-state index is 15.3. The molecule has 0 spiro atoms. The Morgan fingerprint density at radius 3 is 1.17 bits per heavy atom. The van der Waals surface area contributed by atoms with Crippen LogP contribution in [0.4, 0.5) is 0 Å². The monoisotopic (exact) mass is 1540 g/mol. The highest BCUT2D eigenvalue weighted by atomic mass is 32.1. The van der Waals surface area contributed by atoms with E-state index in [0.29, 0.717) is 51.3 Å². The van der Waals surface area contributed by atoms with Gasteiger partial charge in [0, 0.05) is 71.4 Å². The molecule has 0 unspecified atom stereocenters. The molecule has 590 valence electrons. The quantitative estimate of drug-likeness (QED) is 0.0180. The summed E-state index contributed by atoms with van der Waals surface area (Å²) in [5, 5.41) is 59.2. The molecule has 0 aliphatic rings. The lowest BCUT2D eigenvalue weighted by atomic mass is 9.99. The molecule has 0 radical (unpaired) electrons. The molecule has 2 aromatic heterocycles. The summed E-state index contributed by atoms with van der Waals surface area (Å²) in [7, 11) is 0. The number of thiol groups is 2. The molecule has 5 rings (SSSR count). The highest BCUT2D eigenvalue weighted by Gasteiger charge is 2.38. The van der Waals surface area contributed by atoms with Crippen molar-refractivity contribution in [3.63, 3.8) is 0 Å². The van der Waals surface area contributed by atoms with Gasteiger partial charge in [0.15, 0.2) is 0 Å². The number of hydrogen-bond acceptors (Lipinski definition) is 19. The Hall–Kier alpha value is -10.1. The number of carboxylic acid groups (broad SMARTS) is 3. The number of para-hydroxylation sites is 2. The zero-order chi connectivity index (χ0) is 79.7. The highest BCUT2D eigenvalue weighted by Crippen LogP contribution is 2.23. The molecule has 22 N–H and O–H groups in total. The fourth-order valence-corrected chi connectivity index (χ4v) is 12.2. The first-order valence-corrected chi connectivity index (χ1v) is 37.1. The largest absolute Gasteiger partial charge is 0.481 e. The number of nitrogens with two attached hydrogens (primary N) is 3. The number of nitrogens with one attached hydrogen (secondary N) is 13. The maximum Gasteiger partial charge on any atom is 0.327 e. The number of aromatic nitrogens is 2. The van der Waals surface area contributed by atoms with Gasteiger partial charge in [0.1, 0.15) is 66.5 Å². The van der Waals surface area contributed by atoms with Crippen LogP contribution in [-0.2, 0) is 86.4 Å². The lowest BCUT2D eigenvalue weighted by molar-refractivity contribution is -0.142. The van der Waals surface area contributed by atoms with Crippen LogP contribution in [-0.4, -0.2) is 205 Å². The minimum Gasteiger partial charge on any atom is -0.481 e. The topological polar surface area (TPSA) is 542 Å². The Kier molecular flexibility index (Phi) is 36.8. The number of amides is 11. The van der Waals surface area contributed by atoms with Crippen molar-refractivity contribution >= 4 is 130 Å². The van der Waals surface area contributed by atoms with Crippen LogP contribution in [0.5, 0.6) is 0 Å². The number of carbonyl (C=O) groups excluding carboxylic acids is 11. The number of H-pyrrole nitrogens is 2. The van der Waals surface area contributed by atoms with Gasteiger partial charge in [0.05, 0.1) is 12.5 Å². The number of aromatic amines is 2. The molecule has 0 saturated heterocycles. The number of hydrogen-bond donors (Lipinski definition) is 21. The van der Waals surface area contributed by atoms with Crippen LogP contribution >= 0.6 is 25.3 Å². The van der Waals surface area contributed by atoms with E-state index < -0.39 is 175 Å². The van der Waals surface area contributed by atoms with E-state index in [1.54, 1.807) is 119 Å². The standard InChI is InChI=1S/C73H104N16O17S2/c1-39(2)29-53(85-72(104)58(34-61(92)93)83-63(95)47(76)37-107)67(99)81-50(23-13-15-27-74)64(96)79-41(5)62(94)80-51(24-14-16-28-75)65(97)82-52(25-26-60(90)91)66(98)87-56(32-43-35-77-48-21-11-9-19-45(43)48)71(103)86-55(31-42-17-7-6-8-18-42)69(101)88-57(33-44-36-78-49-22-12-10-20-46(44)49)70(102)84-54(30-40(3)4)68(100)89-59(38-108)73(105)106/h6-12,17-22,35-36,39-41,47,50-59,77-78,107-108H,13-16,23-34,37-38,74-76H2,1-5H3,(H,79,96)(H,80,94)(H,81,99)(H,82,97)(H,83,95)(H,84,102)(H,85,104)(H,86,103)(H,87,98)(H,88,101)(H,89,100)(H,90,91)(H,92,93)(H,105,106)/t41-,47-,50-,51-,52-,53-,54-,55-,56-,57-,58-,59-/m0/s1. The van der Waals surface area contributed by atoms with Gasteiger partial charge < -0.3 is 101 Å². The van der Waals surface area contributed by atoms with Crippen molar-refractivity contribution in [1.82, 2.24) is 68.5 Å². The van der Waals surface area contributed by atoms with Crippen molar-refractivity contribution in [3.05, 3.63) is 108 Å². The Bertz CT molecular complexity index is 3900. The summed E-state index contributed by atoms with van der Waals surface area (Å²) in [6.45, 7) is 8.69. The molecule has 0 fully saturated rings. The second kappa shape index (κ2) is 44.9. The number of rotatable bonds is 48. The second-order valence-corrected chi connectivity index (χ2v) is 28.1. The summed E-state index contributed by atoms with van der Waals surface area (Å²) in [5.41, 5.74) is 20.3. The van der Waals surface area contributed by atoms with Crippen molar-refractivity contribution < 1.29 is 82.4 Å². The molecule has 0 saturated carbocycles. The normalized spacial score (nSPS) is 14.7. The summed E-state index contributed by atoms with van der Waals surface area (Å²) < 4.78 is 0. The number of aliphatic carboxylic acids is 3. The first kappa shape index (κ1) is 88.5. The van der Waals surface area contributed by atoms with Gasteiger partial charge in [0.2, 0.25) is 65.0 Å². The molecule has 2 heterocycles. The number of carboxylic acids is 3. The van der Waals surface area contributed by atoms with Gasteiger partial charge >= 0.3 is 17.9 Å². The Labute approximate surface area is 636 Å². The minimum absolute atomic E-state index is 0.0229. The molecule has 12 atom stereocenters. The lowest BCUT2D eigenvalue weighted by Crippen LogP contribution is -2.61. The third-order valence-corrected chi connectivity index (χ3v) is 18.4. The van der Waals surface area contributed by atoms with Crippen LogP contribution in [0.1, 0.15) is 122 Å². The van der Waals surface area contributed by atoms with Gasteiger partial charge in [-0.25, -0.2) is 4.79 Å². The zero-order valence-corrected chi connectivity index (χ0v) is 62.9. The van der Waals surface area contributed by atoms with E-state index in [1.807, 2.05) is 0 Å². The molecule has 108 heavy (non-hydrogen) atoms. The van der Waals surface area contributed by atoms with Crippen molar-refractivity contribution in [1.29, 1.82) is 0 Å². The second-order valence-electron chi connectivity index (χ2n) is 27.3. The van der Waals surface area contributed by atoms with Crippen LogP contribution in [0, 0.1) is 11.8 Å². The van der Waals surface area contributed by atoms with E-state index in [-0.39, 0.29) is 94.2 Å². The van der Waals surface area contributed by atoms with E-state index in [1.165, 1.54) is 6.92 Å². The molecule has 5 aromatic rings. The van der Waals surface area contributed by atoms with Gasteiger partial charge in [-0.2, -0.15) is 25.3 Å². The summed E-state index contributed by atoms with van der Waals surface area (Å²) >= 11 is 8.05. The van der Waals surface area contributed by atoms with Crippen LogP contribution in [0.25, 0.3) is 21.8 Å². The SMILES string of the molecule is CC(C)C[C@H](NC(=O)[C@H](Cc1c[nH]c2ccccc12)NC(=O)[C@H](Cc1ccccc1)NC(=O)[C@H](Cc1c[nH]c2ccccc12)NC(=O)[C@H](CCC(=O)O)NC(=O)[C@H](CCCCN)NC(=O)[C@H](C)NC(=O)[C@H](CCCCN)NC(=O)[C@H](CC(C)C)NC(=O)[C@H](CC(=O)O)NC(=O)[C@@H](N)CS)C(=O)N[C@@H](CS)C(=O)O. The average Bonchev–Trinajstić information content (AvgIpc) is 1.67. The number of benzene rings is 3. The maximum absolute atomic E-state index is 15.3. The number of carbonyl (C=O) groups is 14. The predicted molar refractivity (Wildman–Crippen MR) is 408 cm³/mol. The average molecular weight is 1540 g/mol. The Balaban J connectivity index is 1.45. The smallest absolute Gasteiger partial charge is 0.327 e. The van der Waals surface area contributed by atoms with E-state index in [0.717, 1.165) is 0 Å². The molecular weight excluding hydrogens is 1440 g/mol. The van der Waals surface area contributed by atoms with Crippen LogP contribution in [0.15, 0.2) is 91.3 Å². The van der Waals surface area contributed by atoms with Gasteiger partial charge in [-0.1, -0.05) is 94.4 Å². The Morgan fingerprint density at radius 2 is 0.750 bits per heavy atom.